The number of pyridine rings is 2. The van der Waals surface area contributed by atoms with Crippen molar-refractivity contribution in [3.63, 3.8) is 0 Å². The van der Waals surface area contributed by atoms with Crippen molar-refractivity contribution in [1.29, 1.82) is 0 Å². The number of nitrogens with zero attached hydrogens (tertiary/aromatic N) is 3. The van der Waals surface area contributed by atoms with Gasteiger partial charge in [-0.15, -0.1) is 0 Å². The molecule has 31 heavy (non-hydrogen) atoms. The van der Waals surface area contributed by atoms with Crippen molar-refractivity contribution in [2.24, 2.45) is 17.8 Å². The molecule has 1 N–H and O–H groups in total. The van der Waals surface area contributed by atoms with E-state index < -0.39 is 11.9 Å². The lowest BCUT2D eigenvalue weighted by Crippen LogP contribution is -2.41. The van der Waals surface area contributed by atoms with Crippen molar-refractivity contribution in [1.82, 2.24) is 15.3 Å². The van der Waals surface area contributed by atoms with Crippen molar-refractivity contribution >= 4 is 22.4 Å². The Morgan fingerprint density at radius 2 is 2.03 bits per heavy atom. The van der Waals surface area contributed by atoms with E-state index in [2.05, 4.69) is 27.1 Å². The second kappa shape index (κ2) is 9.10. The fourth-order valence-electron chi connectivity index (χ4n) is 5.17. The highest BCUT2D eigenvalue weighted by Gasteiger charge is 2.36. The van der Waals surface area contributed by atoms with Gasteiger partial charge in [0, 0.05) is 37.5 Å². The molecule has 168 valence electrons. The summed E-state index contributed by atoms with van der Waals surface area (Å²) < 4.78 is 40.2. The summed E-state index contributed by atoms with van der Waals surface area (Å²) in [6.45, 7) is 5.45. The maximum Gasteiger partial charge on any atom is 0.435 e. The van der Waals surface area contributed by atoms with Crippen molar-refractivity contribution in [2.45, 2.75) is 45.2 Å². The summed E-state index contributed by atoms with van der Waals surface area (Å²) in [5.74, 6) is 1.26. The van der Waals surface area contributed by atoms with Gasteiger partial charge in [-0.1, -0.05) is 6.92 Å². The summed E-state index contributed by atoms with van der Waals surface area (Å²) in [6, 6.07) is 3.32. The van der Waals surface area contributed by atoms with E-state index in [1.54, 1.807) is 12.1 Å². The lowest BCUT2D eigenvalue weighted by molar-refractivity contribution is -0.139. The molecule has 4 rings (SSSR count). The number of hydrogen-bond acceptors (Lipinski definition) is 5. The van der Waals surface area contributed by atoms with Gasteiger partial charge in [0.15, 0.2) is 5.69 Å². The average molecular weight is 435 g/mol. The van der Waals surface area contributed by atoms with E-state index in [-0.39, 0.29) is 11.4 Å². The van der Waals surface area contributed by atoms with Gasteiger partial charge in [-0.05, 0) is 62.2 Å². The molecule has 2 aliphatic heterocycles. The molecule has 0 saturated carbocycles. The summed E-state index contributed by atoms with van der Waals surface area (Å²) in [7, 11) is 0. The molecule has 2 aliphatic rings. The van der Waals surface area contributed by atoms with Crippen LogP contribution in [0, 0.1) is 17.8 Å². The van der Waals surface area contributed by atoms with Crippen LogP contribution in [0.15, 0.2) is 24.5 Å². The highest BCUT2D eigenvalue weighted by molar-refractivity contribution is 5.93. The van der Waals surface area contributed by atoms with Crippen LogP contribution in [0.5, 0.6) is 0 Å². The van der Waals surface area contributed by atoms with E-state index >= 15 is 0 Å². The molecule has 0 radical (unpaired) electrons. The number of alkyl halides is 3. The molecule has 4 heterocycles. The Kier molecular flexibility index (Phi) is 6.46. The van der Waals surface area contributed by atoms with Crippen molar-refractivity contribution in [3.05, 3.63) is 30.2 Å². The van der Waals surface area contributed by atoms with E-state index in [9.17, 15) is 18.0 Å². The molecule has 0 aliphatic carbocycles. The number of carbonyl (C=O) groups excluding carboxylic acids is 1. The zero-order valence-electron chi connectivity index (χ0n) is 17.8. The number of carbonyl (C=O) groups is 1. The van der Waals surface area contributed by atoms with Gasteiger partial charge < -0.3 is 10.2 Å². The molecule has 2 fully saturated rings. The lowest BCUT2D eigenvalue weighted by atomic mass is 9.84. The van der Waals surface area contributed by atoms with Gasteiger partial charge in [-0.25, -0.2) is 4.98 Å². The second-order valence-electron chi connectivity index (χ2n) is 9.16. The average Bonchev–Trinajstić information content (AvgIpc) is 2.72. The van der Waals surface area contributed by atoms with E-state index in [1.165, 1.54) is 12.4 Å². The smallest absolute Gasteiger partial charge is 0.369 e. The van der Waals surface area contributed by atoms with Crippen LogP contribution in [0.3, 0.4) is 0 Å². The first-order valence-corrected chi connectivity index (χ1v) is 11.1. The molecule has 0 bridgehead atoms. The summed E-state index contributed by atoms with van der Waals surface area (Å²) >= 11 is 0. The fourth-order valence-corrected chi connectivity index (χ4v) is 5.17. The second-order valence-corrected chi connectivity index (χ2v) is 9.16. The van der Waals surface area contributed by atoms with Gasteiger partial charge in [-0.3, -0.25) is 9.78 Å². The highest BCUT2D eigenvalue weighted by atomic mass is 19.4. The Labute approximate surface area is 180 Å². The number of ketones is 1. The zero-order chi connectivity index (χ0) is 22.0. The van der Waals surface area contributed by atoms with Crippen molar-refractivity contribution in [2.75, 3.05) is 31.1 Å². The van der Waals surface area contributed by atoms with Crippen LogP contribution in [0.2, 0.25) is 0 Å². The van der Waals surface area contributed by atoms with Crippen LogP contribution in [0.25, 0.3) is 10.9 Å². The van der Waals surface area contributed by atoms with E-state index in [1.807, 2.05) is 0 Å². The summed E-state index contributed by atoms with van der Waals surface area (Å²) in [6.07, 6.45) is 2.45. The van der Waals surface area contributed by atoms with Crippen LogP contribution in [-0.2, 0) is 11.0 Å². The zero-order valence-corrected chi connectivity index (χ0v) is 17.8. The minimum absolute atomic E-state index is 0.122. The summed E-state index contributed by atoms with van der Waals surface area (Å²) in [5.41, 5.74) is -0.413. The van der Waals surface area contributed by atoms with Crippen LogP contribution in [0.1, 0.15) is 44.7 Å². The Balaban J connectivity index is 1.52. The number of aromatic nitrogens is 2. The normalized spacial score (nSPS) is 25.0. The molecule has 2 saturated heterocycles. The van der Waals surface area contributed by atoms with Crippen LogP contribution >= 0.6 is 0 Å². The predicted octanol–water partition coefficient (Wildman–Crippen LogP) is 4.46. The Hall–Kier alpha value is -2.22. The van der Waals surface area contributed by atoms with Crippen LogP contribution in [0.4, 0.5) is 18.9 Å². The van der Waals surface area contributed by atoms with Crippen molar-refractivity contribution in [3.8, 4) is 0 Å². The number of nitrogens with one attached hydrogen (secondary N) is 1. The highest BCUT2D eigenvalue weighted by Crippen LogP contribution is 2.37. The van der Waals surface area contributed by atoms with Crippen LogP contribution in [-0.4, -0.2) is 41.9 Å². The number of Topliss-reactive ketones (excluding diaryl/α,β-unsaturated/α-hetero) is 1. The number of hydrogen-bond donors (Lipinski definition) is 1. The molecular formula is C23H29F3N4O. The third kappa shape index (κ3) is 5.17. The first kappa shape index (κ1) is 22.0. The van der Waals surface area contributed by atoms with Gasteiger partial charge >= 0.3 is 6.18 Å². The number of rotatable bonds is 5. The first-order chi connectivity index (χ1) is 14.8. The quantitative estimate of drug-likeness (QED) is 0.753. The molecular weight excluding hydrogens is 405 g/mol. The fraction of sp³-hybridized carbons (Fsp3) is 0.609. The van der Waals surface area contributed by atoms with Gasteiger partial charge in [-0.2, -0.15) is 13.2 Å². The number of halogens is 3. The molecule has 0 aromatic carbocycles. The molecule has 8 heteroatoms. The maximum absolute atomic E-state index is 13.4. The third-order valence-electron chi connectivity index (χ3n) is 6.41. The summed E-state index contributed by atoms with van der Waals surface area (Å²) in [4.78, 5) is 22.5. The Morgan fingerprint density at radius 1 is 1.23 bits per heavy atom. The first-order valence-electron chi connectivity index (χ1n) is 11.1. The number of fused-ring (bicyclic) bond motifs is 1. The predicted molar refractivity (Wildman–Crippen MR) is 114 cm³/mol. The third-order valence-corrected chi connectivity index (χ3v) is 6.41. The molecule has 0 amide bonds. The Bertz CT molecular complexity index is 927. The molecule has 0 unspecified atom stereocenters. The minimum atomic E-state index is -4.55. The standard InChI is InChI=1S/C23H29F3N4O/c1-15-8-17(10-18(31)9-16-4-2-6-27-11-16)14-30(13-15)20-12-29-22(23(24,25)26)21-19(20)5-3-7-28-21/h3,5,7,12,15-17,27H,2,4,6,8-11,13-14H2,1H3/t15-,16-,17-/m0/s1. The molecule has 0 spiro atoms. The molecule has 3 atom stereocenters. The molecule has 5 nitrogen and oxygen atoms in total. The minimum Gasteiger partial charge on any atom is -0.369 e. The van der Waals surface area contributed by atoms with E-state index in [0.29, 0.717) is 48.1 Å². The van der Waals surface area contributed by atoms with Gasteiger partial charge in [0.1, 0.15) is 11.3 Å². The topological polar surface area (TPSA) is 58.1 Å². The van der Waals surface area contributed by atoms with E-state index in [0.717, 1.165) is 38.9 Å². The maximum atomic E-state index is 13.4. The van der Waals surface area contributed by atoms with Gasteiger partial charge in [0.25, 0.3) is 0 Å². The van der Waals surface area contributed by atoms with E-state index in [4.69, 9.17) is 0 Å². The molecule has 2 aromatic heterocycles. The monoisotopic (exact) mass is 434 g/mol. The molecule has 2 aromatic rings. The lowest BCUT2D eigenvalue weighted by Gasteiger charge is -2.38. The van der Waals surface area contributed by atoms with Gasteiger partial charge in [0.2, 0.25) is 0 Å². The SMILES string of the molecule is C[C@H]1C[C@@H](CC(=O)C[C@@H]2CCCNC2)CN(c2cnc(C(F)(F)F)c3ncccc23)C1. The number of anilines is 1. The van der Waals surface area contributed by atoms with Crippen molar-refractivity contribution < 1.29 is 18.0 Å². The largest absolute Gasteiger partial charge is 0.435 e. The Morgan fingerprint density at radius 3 is 2.77 bits per heavy atom. The van der Waals surface area contributed by atoms with Gasteiger partial charge in [0.05, 0.1) is 11.9 Å². The number of piperidine rings is 2. The van der Waals surface area contributed by atoms with Crippen LogP contribution < -0.4 is 10.2 Å². The summed E-state index contributed by atoms with van der Waals surface area (Å²) in [5, 5.41) is 3.81.